The first-order chi connectivity index (χ1) is 24.7. The van der Waals surface area contributed by atoms with Crippen molar-refractivity contribution < 1.29 is 33.4 Å². The highest BCUT2D eigenvalue weighted by Crippen LogP contribution is 2.45. The lowest BCUT2D eigenvalue weighted by Gasteiger charge is -2.40. The van der Waals surface area contributed by atoms with Crippen LogP contribution in [-0.4, -0.2) is 66.3 Å². The number of anilines is 1. The topological polar surface area (TPSA) is 158 Å². The van der Waals surface area contributed by atoms with E-state index in [1.165, 1.54) is 16.8 Å². The average molecular weight is 725 g/mol. The number of benzene rings is 3. The number of aliphatic carboxylic acids is 1. The third-order valence-corrected chi connectivity index (χ3v) is 14.8. The molecule has 1 aromatic heterocycles. The van der Waals surface area contributed by atoms with Crippen molar-refractivity contribution >= 4 is 32.1 Å². The molecule has 0 unspecified atom stereocenters. The number of ether oxygens (including phenoxy) is 2. The number of carboxylic acids is 1. The fourth-order valence-electron chi connectivity index (χ4n) is 6.59. The van der Waals surface area contributed by atoms with Crippen molar-refractivity contribution in [2.75, 3.05) is 18.5 Å². The fourth-order valence-corrected chi connectivity index (χ4v) is 7.92. The van der Waals surface area contributed by atoms with Gasteiger partial charge in [-0.1, -0.05) is 87.5 Å². The van der Waals surface area contributed by atoms with E-state index in [4.69, 9.17) is 13.9 Å². The van der Waals surface area contributed by atoms with Crippen LogP contribution in [0.3, 0.4) is 0 Å². The van der Waals surface area contributed by atoms with Crippen LogP contribution in [0.5, 0.6) is 0 Å². The predicted octanol–water partition coefficient (Wildman–Crippen LogP) is 6.41. The third-order valence-electron chi connectivity index (χ3n) is 10.3. The highest BCUT2D eigenvalue weighted by atomic mass is 28.4. The van der Waals surface area contributed by atoms with E-state index in [2.05, 4.69) is 48.5 Å². The van der Waals surface area contributed by atoms with E-state index in [1.807, 2.05) is 49.5 Å². The van der Waals surface area contributed by atoms with Crippen LogP contribution in [0.4, 0.5) is 10.6 Å². The van der Waals surface area contributed by atoms with Gasteiger partial charge in [-0.25, -0.2) is 9.59 Å². The number of carbonyl (C=O) groups is 3. The summed E-state index contributed by atoms with van der Waals surface area (Å²) in [7, 11) is -2.56. The van der Waals surface area contributed by atoms with Crippen LogP contribution in [0.2, 0.25) is 18.1 Å². The Morgan fingerprint density at radius 3 is 2.13 bits per heavy atom. The zero-order valence-corrected chi connectivity index (χ0v) is 30.9. The summed E-state index contributed by atoms with van der Waals surface area (Å²) in [6.45, 7) is 10.4. The van der Waals surface area contributed by atoms with E-state index in [9.17, 15) is 24.3 Å². The van der Waals surface area contributed by atoms with E-state index in [-0.39, 0.29) is 29.9 Å². The van der Waals surface area contributed by atoms with Crippen LogP contribution in [-0.2, 0) is 18.7 Å². The van der Waals surface area contributed by atoms with Crippen LogP contribution in [0, 0.1) is 5.92 Å². The molecule has 1 aliphatic heterocycles. The van der Waals surface area contributed by atoms with Crippen LogP contribution in [0.1, 0.15) is 60.8 Å². The van der Waals surface area contributed by atoms with Gasteiger partial charge >= 0.3 is 17.8 Å². The lowest BCUT2D eigenvalue weighted by atomic mass is 9.95. The standard InChI is InChI=1S/C39H44N4O8Si/c1-39(2,3)52(4,5)51-34-29(22-40-38(48)49-23-30-27-17-11-9-15-25(27)26-16-10-12-18-28(26)30)31(21-33(44)45)50-36(34)43-20-19-32(42-37(43)47)41-35(46)24-13-7-6-8-14-24/h6-20,29-31,34,36H,21-23H2,1-5H3,(H,40,48)(H,44,45)(H,41,42,46,47)/t29-,31-,34-,36-/m1/s1. The number of hydrogen-bond acceptors (Lipinski definition) is 8. The molecule has 0 spiro atoms. The maximum Gasteiger partial charge on any atom is 0.407 e. The molecule has 12 nitrogen and oxygen atoms in total. The normalized spacial score (nSPS) is 19.8. The molecule has 2 heterocycles. The molecule has 2 amide bonds. The Hall–Kier alpha value is -5.11. The first kappa shape index (κ1) is 36.7. The summed E-state index contributed by atoms with van der Waals surface area (Å²) < 4.78 is 20.2. The third kappa shape index (κ3) is 7.71. The van der Waals surface area contributed by atoms with Crippen LogP contribution in [0.15, 0.2) is 95.9 Å². The maximum absolute atomic E-state index is 13.5. The van der Waals surface area contributed by atoms with Crippen molar-refractivity contribution in [3.63, 3.8) is 0 Å². The zero-order valence-electron chi connectivity index (χ0n) is 29.9. The van der Waals surface area contributed by atoms with Gasteiger partial charge in [0.2, 0.25) is 0 Å². The number of carboxylic acid groups (broad SMARTS) is 1. The molecule has 0 bridgehead atoms. The van der Waals surface area contributed by atoms with Crippen molar-refractivity contribution in [3.8, 4) is 11.1 Å². The molecule has 1 saturated heterocycles. The number of alkyl carbamates (subject to hydrolysis) is 1. The minimum Gasteiger partial charge on any atom is -0.481 e. The summed E-state index contributed by atoms with van der Waals surface area (Å²) >= 11 is 0. The van der Waals surface area contributed by atoms with Crippen LogP contribution >= 0.6 is 0 Å². The summed E-state index contributed by atoms with van der Waals surface area (Å²) in [5, 5.41) is 15.1. The number of carbonyl (C=O) groups excluding carboxylic acids is 2. The number of aromatic nitrogens is 2. The molecule has 3 aromatic carbocycles. The second-order valence-corrected chi connectivity index (χ2v) is 19.5. The first-order valence-electron chi connectivity index (χ1n) is 17.3. The number of amides is 2. The predicted molar refractivity (Wildman–Crippen MR) is 198 cm³/mol. The summed E-state index contributed by atoms with van der Waals surface area (Å²) in [5.74, 6) is -2.29. The minimum absolute atomic E-state index is 0.0300. The fraction of sp³-hybridized carbons (Fsp3) is 0.359. The van der Waals surface area contributed by atoms with Crippen molar-refractivity contribution in [2.24, 2.45) is 5.92 Å². The number of nitrogens with one attached hydrogen (secondary N) is 2. The Morgan fingerprint density at radius 1 is 0.923 bits per heavy atom. The molecule has 272 valence electrons. The smallest absolute Gasteiger partial charge is 0.407 e. The Balaban J connectivity index is 1.22. The molecule has 13 heteroatoms. The second-order valence-electron chi connectivity index (χ2n) is 14.7. The van der Waals surface area contributed by atoms with Crippen molar-refractivity contribution in [1.29, 1.82) is 0 Å². The molecule has 6 rings (SSSR count). The molecule has 1 fully saturated rings. The summed E-state index contributed by atoms with van der Waals surface area (Å²) in [6, 6.07) is 26.1. The van der Waals surface area contributed by atoms with Gasteiger partial charge in [-0.05, 0) is 58.6 Å². The van der Waals surface area contributed by atoms with Crippen molar-refractivity contribution in [2.45, 2.75) is 69.7 Å². The Kier molecular flexibility index (Phi) is 10.5. The minimum atomic E-state index is -2.56. The summed E-state index contributed by atoms with van der Waals surface area (Å²) in [5.41, 5.74) is 4.06. The molecular formula is C39H44N4O8Si. The van der Waals surface area contributed by atoms with Gasteiger partial charge in [0.1, 0.15) is 12.4 Å². The largest absolute Gasteiger partial charge is 0.481 e. The zero-order chi connectivity index (χ0) is 37.2. The number of rotatable bonds is 11. The van der Waals surface area contributed by atoms with Gasteiger partial charge in [-0.3, -0.25) is 14.2 Å². The Bertz CT molecular complexity index is 1970. The summed E-state index contributed by atoms with van der Waals surface area (Å²) in [4.78, 5) is 55.7. The SMILES string of the molecule is CC(C)(C)[Si](C)(C)O[C@@H]1[C@H](CNC(=O)OCC2c3ccccc3-c3ccccc32)[C@@H](CC(=O)O)O[C@H]1n1ccc(NC(=O)c2ccccc2)nc1=O. The lowest BCUT2D eigenvalue weighted by molar-refractivity contribution is -0.141. The van der Waals surface area contributed by atoms with Gasteiger partial charge in [-0.15, -0.1) is 0 Å². The molecule has 1 aliphatic carbocycles. The highest BCUT2D eigenvalue weighted by Gasteiger charge is 2.51. The Morgan fingerprint density at radius 2 is 1.54 bits per heavy atom. The molecule has 4 aromatic rings. The van der Waals surface area contributed by atoms with Gasteiger partial charge in [0.15, 0.2) is 14.5 Å². The van der Waals surface area contributed by atoms with E-state index in [0.29, 0.717) is 5.56 Å². The molecule has 2 aliphatic rings. The molecule has 52 heavy (non-hydrogen) atoms. The van der Waals surface area contributed by atoms with E-state index in [0.717, 1.165) is 22.3 Å². The highest BCUT2D eigenvalue weighted by molar-refractivity contribution is 6.74. The first-order valence-corrected chi connectivity index (χ1v) is 20.2. The van der Waals surface area contributed by atoms with Crippen molar-refractivity contribution in [3.05, 3.63) is 118 Å². The Labute approximate surface area is 303 Å². The number of hydrogen-bond donors (Lipinski definition) is 3. The molecule has 0 radical (unpaired) electrons. The number of fused-ring (bicyclic) bond motifs is 3. The monoisotopic (exact) mass is 724 g/mol. The van der Waals surface area contributed by atoms with E-state index < -0.39 is 62.8 Å². The molecule has 3 N–H and O–H groups in total. The van der Waals surface area contributed by atoms with Gasteiger partial charge in [0.05, 0.1) is 18.6 Å². The van der Waals surface area contributed by atoms with Gasteiger partial charge in [-0.2, -0.15) is 4.98 Å². The lowest BCUT2D eigenvalue weighted by Crippen LogP contribution is -2.50. The van der Waals surface area contributed by atoms with Crippen LogP contribution in [0.25, 0.3) is 11.1 Å². The second kappa shape index (κ2) is 14.9. The quantitative estimate of drug-likeness (QED) is 0.149. The molecular weight excluding hydrogens is 681 g/mol. The average Bonchev–Trinajstić information content (AvgIpc) is 3.59. The van der Waals surface area contributed by atoms with E-state index in [1.54, 1.807) is 30.3 Å². The van der Waals surface area contributed by atoms with Gasteiger partial charge in [0, 0.05) is 30.1 Å². The van der Waals surface area contributed by atoms with Crippen molar-refractivity contribution in [1.82, 2.24) is 14.9 Å². The molecule has 0 saturated carbocycles. The van der Waals surface area contributed by atoms with Crippen LogP contribution < -0.4 is 16.3 Å². The van der Waals surface area contributed by atoms with E-state index >= 15 is 0 Å². The summed E-state index contributed by atoms with van der Waals surface area (Å²) in [6.07, 6.45) is -2.42. The molecule has 4 atom stereocenters. The maximum atomic E-state index is 13.5. The van der Waals surface area contributed by atoms with Gasteiger partial charge in [0.25, 0.3) is 5.91 Å². The number of nitrogens with zero attached hydrogens (tertiary/aromatic N) is 2. The van der Waals surface area contributed by atoms with Gasteiger partial charge < -0.3 is 29.6 Å².